The van der Waals surface area contributed by atoms with Gasteiger partial charge < -0.3 is 20.6 Å². The van der Waals surface area contributed by atoms with Crippen molar-refractivity contribution in [3.8, 4) is 0 Å². The minimum absolute atomic E-state index is 0.0215. The van der Waals surface area contributed by atoms with Crippen LogP contribution in [0.25, 0.3) is 0 Å². The van der Waals surface area contributed by atoms with Crippen LogP contribution < -0.4 is 15.5 Å². The van der Waals surface area contributed by atoms with Crippen LogP contribution in [0.4, 0.5) is 33.3 Å². The number of piperidine rings is 1. The first-order valence-electron chi connectivity index (χ1n) is 13.7. The van der Waals surface area contributed by atoms with E-state index in [1.807, 2.05) is 4.90 Å². The lowest BCUT2D eigenvalue weighted by atomic mass is 10.1. The molecule has 2 aromatic carbocycles. The van der Waals surface area contributed by atoms with Crippen molar-refractivity contribution in [3.63, 3.8) is 0 Å². The second-order valence-corrected chi connectivity index (χ2v) is 11.0. The molecule has 2 aliphatic rings. The summed E-state index contributed by atoms with van der Waals surface area (Å²) < 4.78 is 67.6. The molecule has 42 heavy (non-hydrogen) atoms. The molecule has 2 fully saturated rings. The van der Waals surface area contributed by atoms with E-state index in [2.05, 4.69) is 10.6 Å². The molecule has 0 unspecified atom stereocenters. The molecule has 3 N–H and O–H groups in total. The number of aliphatic hydroxyl groups is 1. The van der Waals surface area contributed by atoms with E-state index in [0.717, 1.165) is 12.5 Å². The van der Waals surface area contributed by atoms with E-state index in [9.17, 15) is 36.6 Å². The molecule has 1 atom stereocenters. The minimum atomic E-state index is -4.24. The van der Waals surface area contributed by atoms with Crippen LogP contribution in [0, 0.1) is 11.6 Å². The summed E-state index contributed by atoms with van der Waals surface area (Å²) in [6.07, 6.45) is -4.20. The van der Waals surface area contributed by atoms with Crippen molar-refractivity contribution in [3.05, 3.63) is 58.1 Å². The lowest BCUT2D eigenvalue weighted by molar-refractivity contribution is -0.138. The summed E-state index contributed by atoms with van der Waals surface area (Å²) >= 11 is 6.17. The zero-order valence-electron chi connectivity index (χ0n) is 22.8. The van der Waals surface area contributed by atoms with Crippen LogP contribution in [0.5, 0.6) is 0 Å². The highest BCUT2D eigenvalue weighted by Crippen LogP contribution is 2.31. The molecule has 8 nitrogen and oxygen atoms in total. The van der Waals surface area contributed by atoms with Crippen LogP contribution in [0.2, 0.25) is 5.02 Å². The quantitative estimate of drug-likeness (QED) is 0.369. The Hall–Kier alpha value is -3.00. The highest BCUT2D eigenvalue weighted by Gasteiger charge is 2.29. The number of anilines is 2. The molecule has 2 aliphatic heterocycles. The van der Waals surface area contributed by atoms with Crippen LogP contribution in [0.3, 0.4) is 0 Å². The van der Waals surface area contributed by atoms with Gasteiger partial charge in [0.1, 0.15) is 0 Å². The average Bonchev–Trinajstić information content (AvgIpc) is 2.93. The maximum absolute atomic E-state index is 15.0. The van der Waals surface area contributed by atoms with Crippen LogP contribution in [0.15, 0.2) is 30.3 Å². The largest absolute Gasteiger partial charge is 0.392 e. The fourth-order valence-electron chi connectivity index (χ4n) is 5.09. The molecule has 2 aromatic rings. The Kier molecular flexibility index (Phi) is 10.6. The molecule has 4 rings (SSSR count). The van der Waals surface area contributed by atoms with Gasteiger partial charge in [0.2, 0.25) is 5.91 Å². The highest BCUT2D eigenvalue weighted by molar-refractivity contribution is 6.31. The first-order valence-corrected chi connectivity index (χ1v) is 14.1. The molecule has 2 amide bonds. The van der Waals surface area contributed by atoms with Crippen LogP contribution in [-0.2, 0) is 11.3 Å². The molecule has 0 aromatic heterocycles. The van der Waals surface area contributed by atoms with Gasteiger partial charge >= 0.3 is 6.18 Å². The number of rotatable bonds is 9. The predicted molar refractivity (Wildman–Crippen MR) is 149 cm³/mol. The molecule has 230 valence electrons. The number of aliphatic hydroxyl groups excluding tert-OH is 1. The standard InChI is InChI=1S/C28H33ClF5N5O3/c29-19-4-6-22(23(14-19)39-12-10-37(11-13-39)9-7-28(32,33)34)36-27(42)21-5-3-18(25(30)26(21)31)15-35-24(41)17-38-8-1-2-20(40)16-38/h3-6,14,20,40H,1-2,7-13,15-17H2,(H,35,41)(H,36,42)/t20-/m0/s1. The second kappa shape index (κ2) is 14.0. The first kappa shape index (κ1) is 31.9. The number of hydrogen-bond acceptors (Lipinski definition) is 6. The van der Waals surface area contributed by atoms with Crippen molar-refractivity contribution < 1.29 is 36.6 Å². The number of nitrogens with one attached hydrogen (secondary N) is 2. The summed E-state index contributed by atoms with van der Waals surface area (Å²) in [5, 5.41) is 15.2. The Morgan fingerprint density at radius 1 is 1.00 bits per heavy atom. The van der Waals surface area contributed by atoms with Gasteiger partial charge in [0.25, 0.3) is 5.91 Å². The number of amides is 2. The molecule has 2 heterocycles. The van der Waals surface area contributed by atoms with E-state index >= 15 is 0 Å². The molecule has 2 saturated heterocycles. The van der Waals surface area contributed by atoms with Gasteiger partial charge in [0.15, 0.2) is 11.6 Å². The maximum Gasteiger partial charge on any atom is 0.390 e. The summed E-state index contributed by atoms with van der Waals surface area (Å²) in [7, 11) is 0. The van der Waals surface area contributed by atoms with Gasteiger partial charge in [0, 0.05) is 56.4 Å². The lowest BCUT2D eigenvalue weighted by Gasteiger charge is -2.37. The molecule has 0 aliphatic carbocycles. The normalized spacial score (nSPS) is 18.6. The third kappa shape index (κ3) is 8.76. The van der Waals surface area contributed by atoms with E-state index < -0.39 is 47.7 Å². The smallest absolute Gasteiger partial charge is 0.390 e. The summed E-state index contributed by atoms with van der Waals surface area (Å²) in [4.78, 5) is 30.6. The second-order valence-electron chi connectivity index (χ2n) is 10.5. The average molecular weight is 618 g/mol. The van der Waals surface area contributed by atoms with E-state index in [1.54, 1.807) is 15.9 Å². The van der Waals surface area contributed by atoms with Crippen molar-refractivity contribution in [1.82, 2.24) is 15.1 Å². The monoisotopic (exact) mass is 617 g/mol. The third-order valence-corrected chi connectivity index (χ3v) is 7.60. The van der Waals surface area contributed by atoms with E-state index in [0.29, 0.717) is 56.4 Å². The summed E-state index contributed by atoms with van der Waals surface area (Å²) in [5.74, 6) is -3.94. The molecule has 14 heteroatoms. The summed E-state index contributed by atoms with van der Waals surface area (Å²) in [6.45, 7) is 2.15. The molecule has 0 bridgehead atoms. The number of piperazine rings is 1. The summed E-state index contributed by atoms with van der Waals surface area (Å²) in [6, 6.07) is 6.99. The Balaban J connectivity index is 1.37. The topological polar surface area (TPSA) is 88.2 Å². The zero-order chi connectivity index (χ0) is 30.4. The fraction of sp³-hybridized carbons (Fsp3) is 0.500. The number of alkyl halides is 3. The molecule has 0 saturated carbocycles. The van der Waals surface area contributed by atoms with Gasteiger partial charge in [-0.3, -0.25) is 19.4 Å². The van der Waals surface area contributed by atoms with Crippen LogP contribution in [0.1, 0.15) is 35.2 Å². The minimum Gasteiger partial charge on any atom is -0.392 e. The Morgan fingerprint density at radius 2 is 1.74 bits per heavy atom. The van der Waals surface area contributed by atoms with Gasteiger partial charge in [0.05, 0.1) is 36.0 Å². The Bertz CT molecular complexity index is 1270. The van der Waals surface area contributed by atoms with Crippen molar-refractivity contribution >= 4 is 34.8 Å². The number of halogens is 6. The van der Waals surface area contributed by atoms with Gasteiger partial charge in [-0.05, 0) is 43.7 Å². The number of benzene rings is 2. The zero-order valence-corrected chi connectivity index (χ0v) is 23.6. The van der Waals surface area contributed by atoms with Crippen LogP contribution in [-0.4, -0.2) is 91.4 Å². The lowest BCUT2D eigenvalue weighted by Crippen LogP contribution is -2.47. The van der Waals surface area contributed by atoms with Crippen molar-refractivity contribution in [2.45, 2.75) is 38.1 Å². The van der Waals surface area contributed by atoms with E-state index in [4.69, 9.17) is 11.6 Å². The SMILES string of the molecule is O=C(CN1CCC[C@H](O)C1)NCc1ccc(C(=O)Nc2ccc(Cl)cc2N2CCN(CCC(F)(F)F)CC2)c(F)c1F. The fourth-order valence-corrected chi connectivity index (χ4v) is 5.25. The van der Waals surface area contributed by atoms with Crippen molar-refractivity contribution in [2.75, 3.05) is 62.6 Å². The van der Waals surface area contributed by atoms with Gasteiger partial charge in [-0.25, -0.2) is 8.78 Å². The number of carbonyl (C=O) groups is 2. The highest BCUT2D eigenvalue weighted by atomic mass is 35.5. The number of likely N-dealkylation sites (tertiary alicyclic amines) is 1. The van der Waals surface area contributed by atoms with Crippen molar-refractivity contribution in [1.29, 1.82) is 0 Å². The summed E-state index contributed by atoms with van der Waals surface area (Å²) in [5.41, 5.74) is 0.120. The molecular weight excluding hydrogens is 585 g/mol. The predicted octanol–water partition coefficient (Wildman–Crippen LogP) is 4.02. The number of hydrogen-bond donors (Lipinski definition) is 3. The van der Waals surface area contributed by atoms with Gasteiger partial charge in [-0.15, -0.1) is 0 Å². The molecular formula is C28H33ClF5N5O3. The number of nitrogens with zero attached hydrogens (tertiary/aromatic N) is 3. The maximum atomic E-state index is 15.0. The number of β-amino-alcohol motifs (C(OH)–C–C–N with tert-alkyl or cyclic N) is 1. The molecule has 0 spiro atoms. The third-order valence-electron chi connectivity index (χ3n) is 7.36. The van der Waals surface area contributed by atoms with Gasteiger partial charge in [-0.2, -0.15) is 13.2 Å². The van der Waals surface area contributed by atoms with Gasteiger partial charge in [-0.1, -0.05) is 17.7 Å². The van der Waals surface area contributed by atoms with Crippen molar-refractivity contribution in [2.24, 2.45) is 0 Å². The van der Waals surface area contributed by atoms with E-state index in [1.165, 1.54) is 18.2 Å². The van der Waals surface area contributed by atoms with E-state index in [-0.39, 0.29) is 30.9 Å². The first-order chi connectivity index (χ1) is 19.9. The Labute approximate surface area is 245 Å². The molecule has 0 radical (unpaired) electrons. The van der Waals surface area contributed by atoms with Crippen LogP contribution >= 0.6 is 11.6 Å². The number of carbonyl (C=O) groups excluding carboxylic acids is 2. The Morgan fingerprint density at radius 3 is 2.43 bits per heavy atom.